The summed E-state index contributed by atoms with van der Waals surface area (Å²) in [6.45, 7) is 7.53. The van der Waals surface area contributed by atoms with Crippen LogP contribution in [-0.4, -0.2) is 102 Å². The maximum absolute atomic E-state index is 13.6. The number of rotatable bonds is 8. The average Bonchev–Trinajstić information content (AvgIpc) is 2.86. The van der Waals surface area contributed by atoms with E-state index in [1.165, 1.54) is 17.5 Å². The number of amides is 1. The molecule has 1 aromatic rings. The zero-order valence-electron chi connectivity index (χ0n) is 19.5. The lowest BCUT2D eigenvalue weighted by Crippen LogP contribution is -2.42. The number of benzene rings is 1. The third-order valence-corrected chi connectivity index (χ3v) is 7.82. The van der Waals surface area contributed by atoms with Crippen LogP contribution in [0.5, 0.6) is 0 Å². The molecular weight excluding hydrogens is 450 g/mol. The van der Waals surface area contributed by atoms with E-state index in [9.17, 15) is 18.0 Å². The van der Waals surface area contributed by atoms with Crippen LogP contribution in [0, 0.1) is 5.92 Å². The monoisotopic (exact) mass is 483 g/mol. The molecule has 1 unspecified atom stereocenters. The SMILES string of the molecule is CCN(CC(C)C(=O)OC)C(=O)c1cc(S(=O)(=O)N2CCOCC2)ccc1N1CCOCC1. The van der Waals surface area contributed by atoms with Gasteiger partial charge in [-0.15, -0.1) is 0 Å². The smallest absolute Gasteiger partial charge is 0.310 e. The largest absolute Gasteiger partial charge is 0.469 e. The van der Waals surface area contributed by atoms with Crippen molar-refractivity contribution in [1.29, 1.82) is 0 Å². The number of nitrogens with zero attached hydrogens (tertiary/aromatic N) is 3. The van der Waals surface area contributed by atoms with E-state index in [1.54, 1.807) is 24.0 Å². The quantitative estimate of drug-likeness (QED) is 0.501. The molecule has 10 nitrogen and oxygen atoms in total. The molecule has 2 aliphatic heterocycles. The molecule has 1 atom stereocenters. The Balaban J connectivity index is 1.98. The Bertz CT molecular complexity index is 941. The Morgan fingerprint density at radius 1 is 1.09 bits per heavy atom. The highest BCUT2D eigenvalue weighted by molar-refractivity contribution is 7.89. The first-order valence-electron chi connectivity index (χ1n) is 11.2. The third-order valence-electron chi connectivity index (χ3n) is 5.92. The van der Waals surface area contributed by atoms with E-state index in [4.69, 9.17) is 14.2 Å². The van der Waals surface area contributed by atoms with Gasteiger partial charge in [0.05, 0.1) is 49.9 Å². The van der Waals surface area contributed by atoms with Gasteiger partial charge in [0.2, 0.25) is 10.0 Å². The Hall–Kier alpha value is -2.21. The van der Waals surface area contributed by atoms with Crippen LogP contribution < -0.4 is 4.90 Å². The number of hydrogen-bond acceptors (Lipinski definition) is 8. The second-order valence-electron chi connectivity index (χ2n) is 8.06. The molecule has 0 aliphatic carbocycles. The van der Waals surface area contributed by atoms with Crippen molar-refractivity contribution < 1.29 is 32.2 Å². The predicted octanol–water partition coefficient (Wildman–Crippen LogP) is 0.815. The van der Waals surface area contributed by atoms with Crippen molar-refractivity contribution in [2.24, 2.45) is 5.92 Å². The van der Waals surface area contributed by atoms with E-state index in [2.05, 4.69) is 0 Å². The second kappa shape index (κ2) is 11.3. The fraction of sp³-hybridized carbons (Fsp3) is 0.636. The van der Waals surface area contributed by atoms with Gasteiger partial charge in [-0.2, -0.15) is 4.31 Å². The van der Waals surface area contributed by atoms with Gasteiger partial charge in [0.25, 0.3) is 5.91 Å². The predicted molar refractivity (Wildman–Crippen MR) is 122 cm³/mol. The van der Waals surface area contributed by atoms with Gasteiger partial charge in [-0.05, 0) is 25.1 Å². The molecule has 184 valence electrons. The van der Waals surface area contributed by atoms with Gasteiger partial charge >= 0.3 is 5.97 Å². The zero-order valence-corrected chi connectivity index (χ0v) is 20.3. The molecule has 33 heavy (non-hydrogen) atoms. The van der Waals surface area contributed by atoms with Crippen LogP contribution in [0.3, 0.4) is 0 Å². The number of hydrogen-bond donors (Lipinski definition) is 0. The summed E-state index contributed by atoms with van der Waals surface area (Å²) < 4.78 is 43.4. The number of esters is 1. The van der Waals surface area contributed by atoms with Crippen molar-refractivity contribution in [2.45, 2.75) is 18.7 Å². The second-order valence-corrected chi connectivity index (χ2v) is 10.0. The van der Waals surface area contributed by atoms with Gasteiger partial charge in [0, 0.05) is 45.0 Å². The van der Waals surface area contributed by atoms with E-state index in [1.807, 2.05) is 11.8 Å². The lowest BCUT2D eigenvalue weighted by molar-refractivity contribution is -0.145. The molecule has 0 radical (unpaired) electrons. The van der Waals surface area contributed by atoms with Crippen molar-refractivity contribution >= 4 is 27.6 Å². The number of methoxy groups -OCH3 is 1. The highest BCUT2D eigenvalue weighted by atomic mass is 32.2. The van der Waals surface area contributed by atoms with Crippen LogP contribution in [-0.2, 0) is 29.0 Å². The van der Waals surface area contributed by atoms with Crippen LogP contribution >= 0.6 is 0 Å². The summed E-state index contributed by atoms with van der Waals surface area (Å²) in [6.07, 6.45) is 0. The Kier molecular flexibility index (Phi) is 8.69. The number of morpholine rings is 2. The van der Waals surface area contributed by atoms with Crippen LogP contribution in [0.15, 0.2) is 23.1 Å². The Morgan fingerprint density at radius 3 is 2.27 bits per heavy atom. The normalized spacial score (nSPS) is 18.6. The highest BCUT2D eigenvalue weighted by Crippen LogP contribution is 2.28. The van der Waals surface area contributed by atoms with Crippen molar-refractivity contribution in [3.05, 3.63) is 23.8 Å². The maximum Gasteiger partial charge on any atom is 0.310 e. The van der Waals surface area contributed by atoms with Crippen LogP contribution in [0.2, 0.25) is 0 Å². The molecule has 2 saturated heterocycles. The average molecular weight is 484 g/mol. The molecule has 3 rings (SSSR count). The van der Waals surface area contributed by atoms with Gasteiger partial charge in [0.1, 0.15) is 0 Å². The summed E-state index contributed by atoms with van der Waals surface area (Å²) in [5, 5.41) is 0. The first-order chi connectivity index (χ1) is 15.8. The fourth-order valence-corrected chi connectivity index (χ4v) is 5.43. The minimum absolute atomic E-state index is 0.0711. The molecule has 2 fully saturated rings. The van der Waals surface area contributed by atoms with Gasteiger partial charge < -0.3 is 24.0 Å². The summed E-state index contributed by atoms with van der Waals surface area (Å²) in [7, 11) is -2.46. The van der Waals surface area contributed by atoms with Crippen molar-refractivity contribution in [3.63, 3.8) is 0 Å². The molecule has 0 saturated carbocycles. The zero-order chi connectivity index (χ0) is 24.0. The van der Waals surface area contributed by atoms with Crippen molar-refractivity contribution in [2.75, 3.05) is 77.7 Å². The van der Waals surface area contributed by atoms with Crippen LogP contribution in [0.4, 0.5) is 5.69 Å². The van der Waals surface area contributed by atoms with E-state index in [0.29, 0.717) is 57.3 Å². The summed E-state index contributed by atoms with van der Waals surface area (Å²) in [4.78, 5) is 29.2. The lowest BCUT2D eigenvalue weighted by Gasteiger charge is -2.32. The number of anilines is 1. The number of carbonyl (C=O) groups is 2. The van der Waals surface area contributed by atoms with Gasteiger partial charge in [0.15, 0.2) is 0 Å². The van der Waals surface area contributed by atoms with E-state index >= 15 is 0 Å². The molecular formula is C22H33N3O7S. The molecule has 11 heteroatoms. The van der Waals surface area contributed by atoms with Crippen LogP contribution in [0.1, 0.15) is 24.2 Å². The lowest BCUT2D eigenvalue weighted by atomic mass is 10.1. The number of ether oxygens (including phenoxy) is 3. The molecule has 1 aromatic carbocycles. The molecule has 1 amide bonds. The van der Waals surface area contributed by atoms with Gasteiger partial charge in [-0.3, -0.25) is 9.59 Å². The minimum atomic E-state index is -3.77. The maximum atomic E-state index is 13.6. The summed E-state index contributed by atoms with van der Waals surface area (Å²) in [5.74, 6) is -1.24. The summed E-state index contributed by atoms with van der Waals surface area (Å²) in [5.41, 5.74) is 0.957. The fourth-order valence-electron chi connectivity index (χ4n) is 4.00. The molecule has 2 heterocycles. The van der Waals surface area contributed by atoms with E-state index in [0.717, 1.165) is 0 Å². The number of sulfonamides is 1. The topological polar surface area (TPSA) is 106 Å². The van der Waals surface area contributed by atoms with E-state index in [-0.39, 0.29) is 30.4 Å². The number of carbonyl (C=O) groups excluding carboxylic acids is 2. The molecule has 0 N–H and O–H groups in total. The standard InChI is InChI=1S/C22H33N3O7S/c1-4-23(16-17(2)22(27)30-3)21(26)19-15-18(33(28,29)25-9-13-32-14-10-25)5-6-20(19)24-7-11-31-12-8-24/h5-6,15,17H,4,7-14,16H2,1-3H3. The van der Waals surface area contributed by atoms with Gasteiger partial charge in [-0.1, -0.05) is 6.92 Å². The molecule has 0 spiro atoms. The van der Waals surface area contributed by atoms with Crippen molar-refractivity contribution in [3.8, 4) is 0 Å². The molecule has 0 bridgehead atoms. The Labute approximate surface area is 195 Å². The minimum Gasteiger partial charge on any atom is -0.469 e. The van der Waals surface area contributed by atoms with E-state index < -0.39 is 21.9 Å². The summed E-state index contributed by atoms with van der Waals surface area (Å²) in [6, 6.07) is 4.71. The highest BCUT2D eigenvalue weighted by Gasteiger charge is 2.30. The van der Waals surface area contributed by atoms with Gasteiger partial charge in [-0.25, -0.2) is 8.42 Å². The summed E-state index contributed by atoms with van der Waals surface area (Å²) >= 11 is 0. The first kappa shape index (κ1) is 25.4. The van der Waals surface area contributed by atoms with Crippen molar-refractivity contribution in [1.82, 2.24) is 9.21 Å². The molecule has 0 aromatic heterocycles. The first-order valence-corrected chi connectivity index (χ1v) is 12.6. The van der Waals surface area contributed by atoms with Crippen LogP contribution in [0.25, 0.3) is 0 Å². The Morgan fingerprint density at radius 2 is 1.70 bits per heavy atom. The third kappa shape index (κ3) is 5.84. The molecule has 2 aliphatic rings.